The minimum Gasteiger partial charge on any atom is -0.439 e. The molecular formula is C19H14Cl3N5O4. The third-order valence-corrected chi connectivity index (χ3v) is 4.96. The van der Waals surface area contributed by atoms with Crippen LogP contribution >= 0.6 is 34.8 Å². The first kappa shape index (κ1) is 22.6. The fraction of sp³-hybridized carbons (Fsp3) is 0.0526. The van der Waals surface area contributed by atoms with E-state index in [1.54, 1.807) is 24.3 Å². The molecule has 0 unspecified atom stereocenters. The normalized spacial score (nSPS) is 10.3. The van der Waals surface area contributed by atoms with Crippen LogP contribution in [0.15, 0.2) is 48.8 Å². The molecule has 3 N–H and O–H groups in total. The highest BCUT2D eigenvalue weighted by Crippen LogP contribution is 2.35. The zero-order valence-corrected chi connectivity index (χ0v) is 18.0. The number of hydrogen-bond donors (Lipinski definition) is 3. The van der Waals surface area contributed by atoms with E-state index >= 15 is 0 Å². The summed E-state index contributed by atoms with van der Waals surface area (Å²) in [4.78, 5) is 36.4. The van der Waals surface area contributed by atoms with Crippen LogP contribution in [0.3, 0.4) is 0 Å². The highest BCUT2D eigenvalue weighted by atomic mass is 35.5. The Kier molecular flexibility index (Phi) is 7.48. The third kappa shape index (κ3) is 5.96. The Morgan fingerprint density at radius 1 is 0.968 bits per heavy atom. The number of amides is 3. The largest absolute Gasteiger partial charge is 0.439 e. The van der Waals surface area contributed by atoms with Crippen molar-refractivity contribution < 1.29 is 19.2 Å². The topological polar surface area (TPSA) is 114 Å². The lowest BCUT2D eigenvalue weighted by atomic mass is 10.3. The van der Waals surface area contributed by atoms with Crippen LogP contribution in [0.5, 0.6) is 11.6 Å². The fourth-order valence-electron chi connectivity index (χ4n) is 2.33. The molecule has 3 amide bonds. The lowest BCUT2D eigenvalue weighted by Gasteiger charge is -2.11. The van der Waals surface area contributed by atoms with Crippen LogP contribution in [-0.4, -0.2) is 29.0 Å². The Balaban J connectivity index is 1.68. The van der Waals surface area contributed by atoms with E-state index in [2.05, 4.69) is 30.9 Å². The maximum atomic E-state index is 12.3. The molecule has 31 heavy (non-hydrogen) atoms. The summed E-state index contributed by atoms with van der Waals surface area (Å²) in [6.07, 6.45) is 1.18. The number of aromatic nitrogens is 2. The van der Waals surface area contributed by atoms with Crippen molar-refractivity contribution in [3.63, 3.8) is 0 Å². The van der Waals surface area contributed by atoms with E-state index in [9.17, 15) is 9.59 Å². The van der Waals surface area contributed by atoms with Gasteiger partial charge in [0.05, 0.1) is 27.9 Å². The highest BCUT2D eigenvalue weighted by molar-refractivity contribution is 6.49. The SMILES string of the molecule is CONC(=O)c1cc(Oc2cccc(NC(=O)Nc3ccc(Cl)c(Cl)c3Cl)c2)ncn1. The molecule has 1 heterocycles. The Bertz CT molecular complexity index is 1130. The summed E-state index contributed by atoms with van der Waals surface area (Å²) in [7, 11) is 1.31. The van der Waals surface area contributed by atoms with E-state index in [0.717, 1.165) is 0 Å². The van der Waals surface area contributed by atoms with Gasteiger partial charge in [-0.3, -0.25) is 9.63 Å². The second-order valence-corrected chi connectivity index (χ2v) is 6.97. The molecule has 1 aromatic heterocycles. The van der Waals surface area contributed by atoms with Gasteiger partial charge in [-0.15, -0.1) is 0 Å². The molecule has 3 aromatic rings. The maximum absolute atomic E-state index is 12.3. The molecule has 0 aliphatic heterocycles. The number of benzene rings is 2. The molecule has 0 aliphatic carbocycles. The molecule has 0 spiro atoms. The van der Waals surface area contributed by atoms with Gasteiger partial charge >= 0.3 is 6.03 Å². The molecule has 9 nitrogen and oxygen atoms in total. The van der Waals surface area contributed by atoms with E-state index in [-0.39, 0.29) is 26.6 Å². The summed E-state index contributed by atoms with van der Waals surface area (Å²) in [6, 6.07) is 10.4. The number of nitrogens with zero attached hydrogens (tertiary/aromatic N) is 2. The zero-order chi connectivity index (χ0) is 22.4. The fourth-order valence-corrected chi connectivity index (χ4v) is 2.91. The number of ether oxygens (including phenoxy) is 1. The standard InChI is InChI=1S/C19H14Cl3N5O4/c1-30-27-18(28)14-8-15(24-9-23-14)31-11-4-2-3-10(7-11)25-19(29)26-13-6-5-12(20)16(21)17(13)22/h2-9H,1H3,(H,27,28)(H2,25,26,29). The van der Waals surface area contributed by atoms with Crippen molar-refractivity contribution in [1.82, 2.24) is 15.4 Å². The van der Waals surface area contributed by atoms with Crippen molar-refractivity contribution in [1.29, 1.82) is 0 Å². The van der Waals surface area contributed by atoms with Crippen molar-refractivity contribution >= 4 is 58.1 Å². The number of hydroxylamine groups is 1. The van der Waals surface area contributed by atoms with E-state index in [4.69, 9.17) is 39.5 Å². The molecule has 0 aliphatic rings. The van der Waals surface area contributed by atoms with Gasteiger partial charge in [0, 0.05) is 17.8 Å². The number of rotatable bonds is 6. The van der Waals surface area contributed by atoms with Gasteiger partial charge in [0.2, 0.25) is 5.88 Å². The molecular weight excluding hydrogens is 469 g/mol. The van der Waals surface area contributed by atoms with Gasteiger partial charge in [-0.25, -0.2) is 20.2 Å². The summed E-state index contributed by atoms with van der Waals surface area (Å²) in [6.45, 7) is 0. The number of nitrogens with one attached hydrogen (secondary N) is 3. The molecule has 0 saturated heterocycles. The summed E-state index contributed by atoms with van der Waals surface area (Å²) < 4.78 is 5.64. The molecule has 0 bridgehead atoms. The summed E-state index contributed by atoms with van der Waals surface area (Å²) in [5.41, 5.74) is 2.93. The van der Waals surface area contributed by atoms with Gasteiger partial charge in [-0.2, -0.15) is 0 Å². The van der Waals surface area contributed by atoms with E-state index in [1.807, 2.05) is 0 Å². The number of carbonyl (C=O) groups excluding carboxylic acids is 2. The first-order chi connectivity index (χ1) is 14.9. The molecule has 0 saturated carbocycles. The minimum absolute atomic E-state index is 0.0546. The van der Waals surface area contributed by atoms with Crippen molar-refractivity contribution in [2.24, 2.45) is 0 Å². The van der Waals surface area contributed by atoms with E-state index in [0.29, 0.717) is 17.1 Å². The lowest BCUT2D eigenvalue weighted by Crippen LogP contribution is -2.22. The first-order valence-corrected chi connectivity index (χ1v) is 9.65. The average Bonchev–Trinajstić information content (AvgIpc) is 2.75. The Labute approximate surface area is 191 Å². The Morgan fingerprint density at radius 3 is 2.55 bits per heavy atom. The van der Waals surface area contributed by atoms with Crippen LogP contribution in [0.25, 0.3) is 0 Å². The van der Waals surface area contributed by atoms with Crippen molar-refractivity contribution in [2.75, 3.05) is 17.7 Å². The predicted molar refractivity (Wildman–Crippen MR) is 117 cm³/mol. The summed E-state index contributed by atoms with van der Waals surface area (Å²) >= 11 is 17.9. The van der Waals surface area contributed by atoms with Gasteiger partial charge in [0.1, 0.15) is 17.8 Å². The lowest BCUT2D eigenvalue weighted by molar-refractivity contribution is 0.0532. The monoisotopic (exact) mass is 481 g/mol. The summed E-state index contributed by atoms with van der Waals surface area (Å²) in [5.74, 6) is -0.0644. The van der Waals surface area contributed by atoms with Crippen molar-refractivity contribution in [3.05, 3.63) is 69.6 Å². The van der Waals surface area contributed by atoms with Crippen molar-refractivity contribution in [2.45, 2.75) is 0 Å². The molecule has 3 rings (SSSR count). The quantitative estimate of drug-likeness (QED) is 0.330. The molecule has 160 valence electrons. The second kappa shape index (κ2) is 10.3. The zero-order valence-electron chi connectivity index (χ0n) is 15.8. The Morgan fingerprint density at radius 2 is 1.77 bits per heavy atom. The second-order valence-electron chi connectivity index (χ2n) is 5.81. The van der Waals surface area contributed by atoms with Crippen LogP contribution in [0, 0.1) is 0 Å². The molecule has 0 radical (unpaired) electrons. The smallest absolute Gasteiger partial charge is 0.323 e. The van der Waals surface area contributed by atoms with Crippen LogP contribution in [-0.2, 0) is 4.84 Å². The van der Waals surface area contributed by atoms with Gasteiger partial charge in [-0.05, 0) is 24.3 Å². The molecule has 0 atom stereocenters. The maximum Gasteiger partial charge on any atom is 0.323 e. The van der Waals surface area contributed by atoms with Crippen LogP contribution in [0.1, 0.15) is 10.5 Å². The summed E-state index contributed by atoms with van der Waals surface area (Å²) in [5, 5.41) is 5.77. The highest BCUT2D eigenvalue weighted by Gasteiger charge is 2.12. The number of anilines is 2. The van der Waals surface area contributed by atoms with E-state index < -0.39 is 11.9 Å². The van der Waals surface area contributed by atoms with Crippen LogP contribution in [0.2, 0.25) is 15.1 Å². The van der Waals surface area contributed by atoms with Gasteiger partial charge in [-0.1, -0.05) is 40.9 Å². The van der Waals surface area contributed by atoms with Crippen LogP contribution in [0.4, 0.5) is 16.2 Å². The number of halogens is 3. The Hall–Kier alpha value is -3.11. The molecule has 0 fully saturated rings. The van der Waals surface area contributed by atoms with Gasteiger partial charge in [0.25, 0.3) is 5.91 Å². The predicted octanol–water partition coefficient (Wildman–Crippen LogP) is 5.16. The number of carbonyl (C=O) groups is 2. The van der Waals surface area contributed by atoms with Gasteiger partial charge < -0.3 is 15.4 Å². The van der Waals surface area contributed by atoms with Crippen LogP contribution < -0.4 is 20.9 Å². The van der Waals surface area contributed by atoms with Gasteiger partial charge in [0.15, 0.2) is 0 Å². The van der Waals surface area contributed by atoms with E-state index in [1.165, 1.54) is 31.6 Å². The molecule has 12 heteroatoms. The first-order valence-electron chi connectivity index (χ1n) is 8.52. The average molecular weight is 483 g/mol. The number of urea groups is 1. The van der Waals surface area contributed by atoms with Crippen molar-refractivity contribution in [3.8, 4) is 11.6 Å². The third-order valence-electron chi connectivity index (χ3n) is 3.67. The number of hydrogen-bond acceptors (Lipinski definition) is 6. The molecule has 2 aromatic carbocycles. The minimum atomic E-state index is -0.557.